The van der Waals surface area contributed by atoms with Crippen LogP contribution in [0.5, 0.6) is 0 Å². The lowest BCUT2D eigenvalue weighted by Crippen LogP contribution is -2.37. The van der Waals surface area contributed by atoms with E-state index in [0.717, 1.165) is 4.57 Å². The molecule has 1 aliphatic carbocycles. The third kappa shape index (κ3) is 3.59. The number of carboxylic acids is 2. The van der Waals surface area contributed by atoms with E-state index in [4.69, 9.17) is 26.6 Å². The number of rotatable bonds is 6. The van der Waals surface area contributed by atoms with Gasteiger partial charge in [-0.25, -0.2) is 14.6 Å². The Balaban J connectivity index is 1.85. The second-order valence-electron chi connectivity index (χ2n) is 6.53. The van der Waals surface area contributed by atoms with Crippen molar-refractivity contribution in [1.82, 2.24) is 9.55 Å². The van der Waals surface area contributed by atoms with Gasteiger partial charge in [0, 0.05) is 5.92 Å². The van der Waals surface area contributed by atoms with Gasteiger partial charge in [0.05, 0.1) is 41.0 Å². The van der Waals surface area contributed by atoms with Crippen molar-refractivity contribution < 1.29 is 34.8 Å². The Hall–Kier alpha value is -2.53. The Kier molecular flexibility index (Phi) is 5.66. The standard InChI is InChI=1S/C17H17ClN2O8/c18-8-2-1-3-9-11(8)15(23)20(6-19-9)10-4-7(12(21)13(10)22)5-28-14(16(24)25)17(26)27/h1-3,6-7,10,12-14,21-22H,4-5H2,(H,24,25)(H,26,27). The van der Waals surface area contributed by atoms with Crippen LogP contribution in [-0.2, 0) is 14.3 Å². The number of fused-ring (bicyclic) bond motifs is 1. The first-order chi connectivity index (χ1) is 13.2. The van der Waals surface area contributed by atoms with E-state index in [2.05, 4.69) is 4.98 Å². The molecule has 4 atom stereocenters. The third-order valence-electron chi connectivity index (χ3n) is 4.82. The summed E-state index contributed by atoms with van der Waals surface area (Å²) in [6.45, 7) is -0.422. The van der Waals surface area contributed by atoms with Gasteiger partial charge >= 0.3 is 11.9 Å². The van der Waals surface area contributed by atoms with Gasteiger partial charge in [-0.2, -0.15) is 0 Å². The van der Waals surface area contributed by atoms with Crippen molar-refractivity contribution in [3.05, 3.63) is 39.9 Å². The molecule has 28 heavy (non-hydrogen) atoms. The number of aromatic nitrogens is 2. The van der Waals surface area contributed by atoms with Gasteiger partial charge in [-0.3, -0.25) is 9.36 Å². The summed E-state index contributed by atoms with van der Waals surface area (Å²) in [6.07, 6.45) is -3.51. The summed E-state index contributed by atoms with van der Waals surface area (Å²) in [4.78, 5) is 38.7. The molecule has 0 saturated heterocycles. The molecule has 1 fully saturated rings. The van der Waals surface area contributed by atoms with E-state index in [0.29, 0.717) is 5.52 Å². The van der Waals surface area contributed by atoms with Crippen molar-refractivity contribution in [1.29, 1.82) is 0 Å². The first kappa shape index (κ1) is 20.2. The zero-order chi connectivity index (χ0) is 20.6. The maximum Gasteiger partial charge on any atom is 0.344 e. The number of aliphatic hydroxyl groups excluding tert-OH is 2. The average Bonchev–Trinajstić information content (AvgIpc) is 2.90. The van der Waals surface area contributed by atoms with E-state index in [1.165, 1.54) is 12.4 Å². The molecule has 0 amide bonds. The minimum Gasteiger partial charge on any atom is -0.479 e. The molecule has 1 aliphatic rings. The molecule has 1 saturated carbocycles. The first-order valence-corrected chi connectivity index (χ1v) is 8.69. The van der Waals surface area contributed by atoms with E-state index < -0.39 is 54.4 Å². The molecule has 0 spiro atoms. The predicted octanol–water partition coefficient (Wildman–Crippen LogP) is -0.113. The fourth-order valence-electron chi connectivity index (χ4n) is 3.38. The fourth-order valence-corrected chi connectivity index (χ4v) is 3.63. The van der Waals surface area contributed by atoms with E-state index in [-0.39, 0.29) is 16.8 Å². The molecular weight excluding hydrogens is 396 g/mol. The van der Waals surface area contributed by atoms with Gasteiger partial charge in [0.25, 0.3) is 11.7 Å². The van der Waals surface area contributed by atoms with Crippen LogP contribution >= 0.6 is 11.6 Å². The third-order valence-corrected chi connectivity index (χ3v) is 5.13. The molecule has 0 radical (unpaired) electrons. The maximum absolute atomic E-state index is 12.8. The van der Waals surface area contributed by atoms with Crippen LogP contribution in [-0.4, -0.2) is 66.8 Å². The number of carbonyl (C=O) groups is 2. The molecule has 3 rings (SSSR count). The monoisotopic (exact) mass is 412 g/mol. The van der Waals surface area contributed by atoms with Crippen LogP contribution in [0.3, 0.4) is 0 Å². The van der Waals surface area contributed by atoms with Crippen LogP contribution in [0, 0.1) is 5.92 Å². The number of hydrogen-bond donors (Lipinski definition) is 4. The van der Waals surface area contributed by atoms with Crippen molar-refractivity contribution in [3.63, 3.8) is 0 Å². The van der Waals surface area contributed by atoms with Gasteiger partial charge in [0.1, 0.15) is 6.10 Å². The minimum absolute atomic E-state index is 0.0475. The first-order valence-electron chi connectivity index (χ1n) is 8.31. The van der Waals surface area contributed by atoms with Crippen LogP contribution in [0.2, 0.25) is 5.02 Å². The highest BCUT2D eigenvalue weighted by Crippen LogP contribution is 2.35. The predicted molar refractivity (Wildman–Crippen MR) is 95.2 cm³/mol. The topological polar surface area (TPSA) is 159 Å². The second-order valence-corrected chi connectivity index (χ2v) is 6.93. The Labute approximate surface area is 162 Å². The largest absolute Gasteiger partial charge is 0.479 e. The van der Waals surface area contributed by atoms with Crippen LogP contribution in [0.15, 0.2) is 29.3 Å². The maximum atomic E-state index is 12.8. The van der Waals surface area contributed by atoms with E-state index in [1.807, 2.05) is 0 Å². The summed E-state index contributed by atoms with van der Waals surface area (Å²) >= 11 is 6.08. The van der Waals surface area contributed by atoms with Crippen LogP contribution in [0.4, 0.5) is 0 Å². The molecule has 1 aromatic heterocycles. The number of hydrogen-bond acceptors (Lipinski definition) is 7. The second kappa shape index (κ2) is 7.84. The molecule has 0 aliphatic heterocycles. The number of aliphatic hydroxyl groups is 2. The molecule has 11 heteroatoms. The van der Waals surface area contributed by atoms with Gasteiger partial charge in [0.15, 0.2) is 0 Å². The zero-order valence-corrected chi connectivity index (χ0v) is 15.1. The van der Waals surface area contributed by atoms with Crippen LogP contribution in [0.25, 0.3) is 10.9 Å². The van der Waals surface area contributed by atoms with E-state index in [1.54, 1.807) is 12.1 Å². The van der Waals surface area contributed by atoms with Crippen LogP contribution in [0.1, 0.15) is 12.5 Å². The highest BCUT2D eigenvalue weighted by molar-refractivity contribution is 6.35. The lowest BCUT2D eigenvalue weighted by molar-refractivity contribution is -0.167. The highest BCUT2D eigenvalue weighted by atomic mass is 35.5. The molecule has 4 unspecified atom stereocenters. The average molecular weight is 413 g/mol. The molecule has 1 heterocycles. The van der Waals surface area contributed by atoms with Gasteiger partial charge in [-0.05, 0) is 18.6 Å². The van der Waals surface area contributed by atoms with Crippen molar-refractivity contribution in [3.8, 4) is 0 Å². The molecule has 150 valence electrons. The van der Waals surface area contributed by atoms with Crippen molar-refractivity contribution >= 4 is 34.4 Å². The summed E-state index contributed by atoms with van der Waals surface area (Å²) in [5.74, 6) is -4.14. The van der Waals surface area contributed by atoms with Crippen molar-refractivity contribution in [2.75, 3.05) is 6.61 Å². The SMILES string of the molecule is O=C(O)C(OCC1CC(n2cnc3cccc(Cl)c3c2=O)C(O)C1O)C(=O)O. The fraction of sp³-hybridized carbons (Fsp3) is 0.412. The lowest BCUT2D eigenvalue weighted by atomic mass is 10.1. The number of aliphatic carboxylic acids is 2. The van der Waals surface area contributed by atoms with Gasteiger partial charge in [-0.1, -0.05) is 17.7 Å². The Morgan fingerprint density at radius 1 is 1.25 bits per heavy atom. The number of halogens is 1. The zero-order valence-electron chi connectivity index (χ0n) is 14.3. The molecule has 4 N–H and O–H groups in total. The van der Waals surface area contributed by atoms with Crippen molar-refractivity contribution in [2.24, 2.45) is 5.92 Å². The minimum atomic E-state index is -2.09. The number of carboxylic acid groups (broad SMARTS) is 2. The molecular formula is C17H17ClN2O8. The van der Waals surface area contributed by atoms with Gasteiger partial charge in [0.2, 0.25) is 0 Å². The van der Waals surface area contributed by atoms with Crippen LogP contribution < -0.4 is 5.56 Å². The summed E-state index contributed by atoms with van der Waals surface area (Å²) < 4.78 is 6.04. The highest BCUT2D eigenvalue weighted by Gasteiger charge is 2.44. The van der Waals surface area contributed by atoms with Gasteiger partial charge in [-0.15, -0.1) is 0 Å². The Morgan fingerprint density at radius 2 is 1.93 bits per heavy atom. The number of nitrogens with zero attached hydrogens (tertiary/aromatic N) is 2. The van der Waals surface area contributed by atoms with E-state index >= 15 is 0 Å². The molecule has 10 nitrogen and oxygen atoms in total. The number of ether oxygens (including phenoxy) is 1. The van der Waals surface area contributed by atoms with Crippen molar-refractivity contribution in [2.45, 2.75) is 30.8 Å². The Bertz CT molecular complexity index is 963. The smallest absolute Gasteiger partial charge is 0.344 e. The van der Waals surface area contributed by atoms with E-state index in [9.17, 15) is 24.6 Å². The molecule has 2 aromatic rings. The Morgan fingerprint density at radius 3 is 2.57 bits per heavy atom. The summed E-state index contributed by atoms with van der Waals surface area (Å²) in [7, 11) is 0. The summed E-state index contributed by atoms with van der Waals surface area (Å²) in [5, 5.41) is 38.7. The normalized spacial score (nSPS) is 24.7. The lowest BCUT2D eigenvalue weighted by Gasteiger charge is -2.19. The summed E-state index contributed by atoms with van der Waals surface area (Å²) in [6, 6.07) is 3.93. The quantitative estimate of drug-likeness (QED) is 0.474. The molecule has 0 bridgehead atoms. The summed E-state index contributed by atoms with van der Waals surface area (Å²) in [5.41, 5.74) is -0.116. The van der Waals surface area contributed by atoms with Gasteiger partial charge < -0.3 is 25.2 Å². The number of benzene rings is 1. The molecule has 1 aromatic carbocycles.